The van der Waals surface area contributed by atoms with E-state index in [0.717, 1.165) is 0 Å². The summed E-state index contributed by atoms with van der Waals surface area (Å²) < 4.78 is 69.5. The second-order valence-electron chi connectivity index (χ2n) is 6.82. The van der Waals surface area contributed by atoms with Gasteiger partial charge in [-0.15, -0.1) is 10.2 Å². The van der Waals surface area contributed by atoms with Crippen LogP contribution in [0.25, 0.3) is 5.69 Å². The Morgan fingerprint density at radius 1 is 1.18 bits per heavy atom. The van der Waals surface area contributed by atoms with Gasteiger partial charge in [-0.2, -0.15) is 17.9 Å². The van der Waals surface area contributed by atoms with Gasteiger partial charge in [-0.05, 0) is 18.6 Å². The summed E-state index contributed by atoms with van der Waals surface area (Å²) in [6.07, 6.45) is -5.66. The van der Waals surface area contributed by atoms with Gasteiger partial charge in [0.05, 0.1) is 11.3 Å². The first kappa shape index (κ1) is 22.6. The van der Waals surface area contributed by atoms with Gasteiger partial charge in [0.2, 0.25) is 15.0 Å². The third-order valence-corrected chi connectivity index (χ3v) is 7.35. The van der Waals surface area contributed by atoms with Crippen LogP contribution in [0.3, 0.4) is 0 Å². The molecule has 4 rings (SSSR count). The molecule has 12 nitrogen and oxygen atoms in total. The van der Waals surface area contributed by atoms with Gasteiger partial charge in [-0.3, -0.25) is 14.6 Å². The van der Waals surface area contributed by atoms with Crippen molar-refractivity contribution in [2.45, 2.75) is 23.0 Å². The molecule has 0 saturated heterocycles. The number of hydrogen-bond donors (Lipinski definition) is 4. The minimum absolute atomic E-state index is 0.0491. The molecule has 174 valence electrons. The molecule has 5 N–H and O–H groups in total. The zero-order chi connectivity index (χ0) is 24.3. The fourth-order valence-corrected chi connectivity index (χ4v) is 5.47. The average Bonchev–Trinajstić information content (AvgIpc) is 3.25. The molecule has 33 heavy (non-hydrogen) atoms. The molecule has 3 heterocycles. The Labute approximate surface area is 185 Å². The molecule has 0 fully saturated rings. The Bertz CT molecular complexity index is 1530. The number of aromatic amines is 1. The molecule has 0 radical (unpaired) electrons. The minimum atomic E-state index is -5.66. The number of sulfonamides is 1. The van der Waals surface area contributed by atoms with Gasteiger partial charge in [0, 0.05) is 0 Å². The summed E-state index contributed by atoms with van der Waals surface area (Å²) in [4.78, 5) is 39.6. The number of nitrogens with one attached hydrogen (secondary N) is 3. The summed E-state index contributed by atoms with van der Waals surface area (Å²) in [6, 6.07) is 5.97. The number of carbonyl (C=O) groups is 1. The van der Waals surface area contributed by atoms with E-state index in [-0.39, 0.29) is 22.2 Å². The van der Waals surface area contributed by atoms with Gasteiger partial charge in [0.1, 0.15) is 5.82 Å². The standard InChI is InChI=1S/C16H12F3N7O5S2/c1-6-4-2-3-5-7(6)26-9-8(10(27)22-13(26)29)15(11(28)21-9,16(17,18)19)25-33(30,31)14-24-23-12(20)32-14/h2-5,25H,1H3,(H2,20,23)(H,21,28)(H,22,27,29). The topological polar surface area (TPSA) is 182 Å². The number of benzene rings is 1. The number of carbonyl (C=O) groups excluding carboxylic acids is 1. The highest BCUT2D eigenvalue weighted by molar-refractivity contribution is 7.91. The number of nitrogen functional groups attached to an aromatic ring is 1. The van der Waals surface area contributed by atoms with E-state index in [4.69, 9.17) is 5.73 Å². The zero-order valence-electron chi connectivity index (χ0n) is 16.2. The number of anilines is 2. The number of amides is 1. The molecule has 1 aliphatic heterocycles. The number of halogens is 3. The molecule has 2 aromatic heterocycles. The Morgan fingerprint density at radius 3 is 2.42 bits per heavy atom. The number of fused-ring (bicyclic) bond motifs is 1. The summed E-state index contributed by atoms with van der Waals surface area (Å²) in [5.41, 5.74) is -2.43. The Kier molecular flexibility index (Phi) is 4.95. The third-order valence-electron chi connectivity index (χ3n) is 4.78. The van der Waals surface area contributed by atoms with Crippen molar-refractivity contribution in [3.05, 3.63) is 56.2 Å². The van der Waals surface area contributed by atoms with Crippen molar-refractivity contribution in [1.29, 1.82) is 0 Å². The van der Waals surface area contributed by atoms with Gasteiger partial charge >= 0.3 is 11.9 Å². The maximum absolute atomic E-state index is 14.4. The van der Waals surface area contributed by atoms with Crippen molar-refractivity contribution >= 4 is 38.2 Å². The smallest absolute Gasteiger partial charge is 0.374 e. The van der Waals surface area contributed by atoms with E-state index < -0.39 is 54.6 Å². The van der Waals surface area contributed by atoms with Crippen molar-refractivity contribution in [1.82, 2.24) is 24.5 Å². The summed E-state index contributed by atoms with van der Waals surface area (Å²) in [6.45, 7) is 1.54. The molecular formula is C16H12F3N7O5S2. The molecule has 1 atom stereocenters. The highest BCUT2D eigenvalue weighted by Gasteiger charge is 2.69. The van der Waals surface area contributed by atoms with Crippen molar-refractivity contribution in [3.63, 3.8) is 0 Å². The molecule has 0 saturated carbocycles. The highest BCUT2D eigenvalue weighted by Crippen LogP contribution is 2.46. The summed E-state index contributed by atoms with van der Waals surface area (Å²) >= 11 is 0.243. The van der Waals surface area contributed by atoms with E-state index in [9.17, 15) is 36.0 Å². The van der Waals surface area contributed by atoms with Crippen molar-refractivity contribution < 1.29 is 26.4 Å². The molecule has 1 aromatic carbocycles. The van der Waals surface area contributed by atoms with Crippen LogP contribution in [0.15, 0.2) is 38.2 Å². The fourth-order valence-electron chi connectivity index (χ4n) is 3.36. The van der Waals surface area contributed by atoms with Crippen LogP contribution in [0.2, 0.25) is 0 Å². The second-order valence-corrected chi connectivity index (χ2v) is 9.68. The first-order valence-corrected chi connectivity index (χ1v) is 11.1. The lowest BCUT2D eigenvalue weighted by Crippen LogP contribution is -2.61. The SMILES string of the molecule is Cc1ccccc1-n1c2c(c(=O)[nH]c1=O)C(NS(=O)(=O)c1nnc(N)s1)(C(F)(F)F)C(=O)N2. The normalized spacial score (nSPS) is 18.2. The van der Waals surface area contributed by atoms with Crippen molar-refractivity contribution in [2.24, 2.45) is 0 Å². The van der Waals surface area contributed by atoms with Gasteiger partial charge in [-0.1, -0.05) is 29.5 Å². The first-order chi connectivity index (χ1) is 15.3. The molecular weight excluding hydrogens is 491 g/mol. The average molecular weight is 503 g/mol. The largest absolute Gasteiger partial charge is 0.421 e. The number of para-hydroxylation sites is 1. The summed E-state index contributed by atoms with van der Waals surface area (Å²) in [7, 11) is -5.16. The zero-order valence-corrected chi connectivity index (χ0v) is 17.9. The lowest BCUT2D eigenvalue weighted by molar-refractivity contribution is -0.194. The predicted octanol–water partition coefficient (Wildman–Crippen LogP) is -0.0439. The first-order valence-electron chi connectivity index (χ1n) is 8.76. The molecule has 1 unspecified atom stereocenters. The number of alkyl halides is 3. The summed E-state index contributed by atoms with van der Waals surface area (Å²) in [5.74, 6) is -2.77. The van der Waals surface area contributed by atoms with Crippen LogP contribution in [-0.4, -0.2) is 40.2 Å². The number of nitrogens with zero attached hydrogens (tertiary/aromatic N) is 3. The van der Waals surface area contributed by atoms with Gasteiger partial charge in [0.15, 0.2) is 0 Å². The van der Waals surface area contributed by atoms with Crippen LogP contribution >= 0.6 is 11.3 Å². The number of H-pyrrole nitrogens is 1. The van der Waals surface area contributed by atoms with Crippen LogP contribution in [0.5, 0.6) is 0 Å². The van der Waals surface area contributed by atoms with E-state index in [1.165, 1.54) is 29.8 Å². The van der Waals surface area contributed by atoms with E-state index in [0.29, 0.717) is 10.1 Å². The van der Waals surface area contributed by atoms with E-state index in [2.05, 4.69) is 10.2 Å². The number of aromatic nitrogens is 4. The lowest BCUT2D eigenvalue weighted by atomic mass is 9.93. The number of aryl methyl sites for hydroxylation is 1. The Balaban J connectivity index is 2.05. The van der Waals surface area contributed by atoms with E-state index in [1.54, 1.807) is 11.1 Å². The van der Waals surface area contributed by atoms with Crippen LogP contribution in [-0.2, 0) is 20.4 Å². The quantitative estimate of drug-likeness (QED) is 0.382. The molecule has 17 heteroatoms. The van der Waals surface area contributed by atoms with Crippen LogP contribution in [0.1, 0.15) is 11.1 Å². The van der Waals surface area contributed by atoms with Gasteiger partial charge in [-0.25, -0.2) is 17.8 Å². The molecule has 0 spiro atoms. The molecule has 0 aliphatic carbocycles. The molecule has 1 amide bonds. The van der Waals surface area contributed by atoms with Gasteiger partial charge < -0.3 is 11.1 Å². The fraction of sp³-hybridized carbons (Fsp3) is 0.188. The maximum atomic E-state index is 14.4. The summed E-state index contributed by atoms with van der Waals surface area (Å²) in [5, 5.41) is 7.91. The monoisotopic (exact) mass is 503 g/mol. The number of rotatable bonds is 4. The highest BCUT2D eigenvalue weighted by atomic mass is 32.2. The number of nitrogens with two attached hydrogens (primary N) is 1. The van der Waals surface area contributed by atoms with Crippen LogP contribution in [0, 0.1) is 6.92 Å². The van der Waals surface area contributed by atoms with Crippen molar-refractivity contribution in [3.8, 4) is 5.69 Å². The maximum Gasteiger partial charge on any atom is 0.421 e. The molecule has 0 bridgehead atoms. The van der Waals surface area contributed by atoms with E-state index in [1.807, 2.05) is 5.32 Å². The van der Waals surface area contributed by atoms with Crippen LogP contribution in [0.4, 0.5) is 24.1 Å². The minimum Gasteiger partial charge on any atom is -0.374 e. The Hall–Kier alpha value is -3.57. The number of hydrogen-bond acceptors (Lipinski definition) is 9. The van der Waals surface area contributed by atoms with Crippen LogP contribution < -0.4 is 27.0 Å². The Morgan fingerprint density at radius 2 is 1.85 bits per heavy atom. The lowest BCUT2D eigenvalue weighted by Gasteiger charge is -2.29. The van der Waals surface area contributed by atoms with E-state index >= 15 is 0 Å². The molecule has 3 aromatic rings. The second kappa shape index (κ2) is 7.22. The predicted molar refractivity (Wildman–Crippen MR) is 108 cm³/mol. The molecule has 1 aliphatic rings. The van der Waals surface area contributed by atoms with Crippen molar-refractivity contribution in [2.75, 3.05) is 11.1 Å². The van der Waals surface area contributed by atoms with Gasteiger partial charge in [0.25, 0.3) is 21.5 Å². The third kappa shape index (κ3) is 3.31.